The van der Waals surface area contributed by atoms with Gasteiger partial charge in [0.1, 0.15) is 9.90 Å². The molecule has 0 saturated heterocycles. The van der Waals surface area contributed by atoms with E-state index >= 15 is 0 Å². The lowest BCUT2D eigenvalue weighted by atomic mass is 10.1. The molecular weight excluding hydrogens is 446 g/mol. The first kappa shape index (κ1) is 26.9. The first-order chi connectivity index (χ1) is 14.6. The van der Waals surface area contributed by atoms with Crippen molar-refractivity contribution in [2.45, 2.75) is 75.5 Å². The fourth-order valence-electron chi connectivity index (χ4n) is 2.84. The maximum absolute atomic E-state index is 12.2. The molecule has 1 aromatic heterocycles. The highest BCUT2D eigenvalue weighted by Gasteiger charge is 2.22. The third-order valence-electron chi connectivity index (χ3n) is 4.44. The first-order valence-corrected chi connectivity index (χ1v) is 13.1. The number of nitrogens with one attached hydrogen (secondary N) is 1. The molecule has 0 aliphatic carbocycles. The number of rotatable bonds is 17. The molecule has 1 amide bonds. The number of sulfone groups is 1. The highest BCUT2D eigenvalue weighted by molar-refractivity contribution is 7.91. The van der Waals surface area contributed by atoms with Crippen LogP contribution >= 0.6 is 11.3 Å². The number of amides is 1. The molecule has 9 nitrogen and oxygen atoms in total. The van der Waals surface area contributed by atoms with E-state index in [-0.39, 0.29) is 42.4 Å². The lowest BCUT2D eigenvalue weighted by Crippen LogP contribution is -2.12. The van der Waals surface area contributed by atoms with Gasteiger partial charge in [-0.1, -0.05) is 32.1 Å². The molecule has 0 fully saturated rings. The van der Waals surface area contributed by atoms with E-state index in [4.69, 9.17) is 14.9 Å². The molecule has 31 heavy (non-hydrogen) atoms. The van der Waals surface area contributed by atoms with E-state index in [1.54, 1.807) is 0 Å². The molecule has 11 heteroatoms. The van der Waals surface area contributed by atoms with Crippen LogP contribution in [0.3, 0.4) is 0 Å². The van der Waals surface area contributed by atoms with Gasteiger partial charge in [0.2, 0.25) is 5.91 Å². The Labute approximate surface area is 186 Å². The first-order valence-electron chi connectivity index (χ1n) is 10.3. The van der Waals surface area contributed by atoms with Crippen molar-refractivity contribution in [1.29, 1.82) is 0 Å². The summed E-state index contributed by atoms with van der Waals surface area (Å²) in [4.78, 5) is 33.3. The fourth-order valence-corrected chi connectivity index (χ4v) is 5.03. The van der Waals surface area contributed by atoms with Crippen LogP contribution in [0, 0.1) is 0 Å². The van der Waals surface area contributed by atoms with Gasteiger partial charge in [-0.25, -0.2) is 8.42 Å². The summed E-state index contributed by atoms with van der Waals surface area (Å²) in [5.41, 5.74) is 0. The van der Waals surface area contributed by atoms with Crippen molar-refractivity contribution in [3.05, 3.63) is 5.38 Å². The standard InChI is InChI=1S/C20H31NO8S2/c1-31(27,28)15-14-30-20(19(15)29-13-9-12-18(25)26)21-16(22)10-7-5-3-2-4-6-8-11-17(23)24/h14H,2-13H2,1H3,(H,21,22)(H,23,24)(H,25,26). The number of anilines is 1. The van der Waals surface area contributed by atoms with Crippen LogP contribution in [0.5, 0.6) is 5.75 Å². The van der Waals surface area contributed by atoms with Gasteiger partial charge in [-0.3, -0.25) is 14.4 Å². The Balaban J connectivity index is 2.43. The molecule has 0 bridgehead atoms. The van der Waals surface area contributed by atoms with E-state index in [1.807, 2.05) is 0 Å². The van der Waals surface area contributed by atoms with Gasteiger partial charge in [-0.15, -0.1) is 11.3 Å². The zero-order chi connectivity index (χ0) is 23.3. The van der Waals surface area contributed by atoms with Gasteiger partial charge in [0.15, 0.2) is 15.6 Å². The number of carboxylic acids is 2. The Kier molecular flexibility index (Phi) is 12.2. The Morgan fingerprint density at radius 1 is 0.903 bits per heavy atom. The molecule has 0 aliphatic rings. The van der Waals surface area contributed by atoms with E-state index in [0.29, 0.717) is 24.3 Å². The van der Waals surface area contributed by atoms with Gasteiger partial charge in [-0.05, 0) is 19.3 Å². The number of carbonyl (C=O) groups excluding carboxylic acids is 1. The van der Waals surface area contributed by atoms with Gasteiger partial charge >= 0.3 is 11.9 Å². The zero-order valence-electron chi connectivity index (χ0n) is 17.7. The van der Waals surface area contributed by atoms with E-state index < -0.39 is 21.8 Å². The average molecular weight is 478 g/mol. The predicted molar refractivity (Wildman–Crippen MR) is 118 cm³/mol. The van der Waals surface area contributed by atoms with Gasteiger partial charge < -0.3 is 20.3 Å². The Bertz CT molecular complexity index is 832. The summed E-state index contributed by atoms with van der Waals surface area (Å²) in [5.74, 6) is -1.91. The summed E-state index contributed by atoms with van der Waals surface area (Å²) in [5, 5.41) is 21.7. The average Bonchev–Trinajstić information content (AvgIpc) is 3.06. The number of carboxylic acid groups (broad SMARTS) is 2. The number of thiophene rings is 1. The topological polar surface area (TPSA) is 147 Å². The Hall–Kier alpha value is -2.14. The zero-order valence-corrected chi connectivity index (χ0v) is 19.4. The maximum Gasteiger partial charge on any atom is 0.303 e. The number of hydrogen-bond donors (Lipinski definition) is 3. The summed E-state index contributed by atoms with van der Waals surface area (Å²) < 4.78 is 29.4. The molecule has 0 aliphatic heterocycles. The highest BCUT2D eigenvalue weighted by Crippen LogP contribution is 2.39. The molecule has 0 radical (unpaired) electrons. The summed E-state index contributed by atoms with van der Waals surface area (Å²) in [7, 11) is -3.56. The number of hydrogen-bond acceptors (Lipinski definition) is 7. The van der Waals surface area contributed by atoms with Crippen LogP contribution in [0.2, 0.25) is 0 Å². The Morgan fingerprint density at radius 2 is 1.42 bits per heavy atom. The molecule has 0 saturated carbocycles. The quantitative estimate of drug-likeness (QED) is 0.286. The molecule has 1 heterocycles. The molecule has 176 valence electrons. The van der Waals surface area contributed by atoms with Crippen LogP contribution in [-0.2, 0) is 24.2 Å². The Morgan fingerprint density at radius 3 is 1.97 bits per heavy atom. The van der Waals surface area contributed by atoms with Gasteiger partial charge in [0.05, 0.1) is 6.61 Å². The van der Waals surface area contributed by atoms with Crippen LogP contribution in [0.4, 0.5) is 5.00 Å². The van der Waals surface area contributed by atoms with Crippen LogP contribution in [-0.4, -0.2) is 49.3 Å². The van der Waals surface area contributed by atoms with Crippen molar-refractivity contribution in [1.82, 2.24) is 0 Å². The van der Waals surface area contributed by atoms with Crippen molar-refractivity contribution in [3.63, 3.8) is 0 Å². The SMILES string of the molecule is CS(=O)(=O)c1csc(NC(=O)CCCCCCCCCC(=O)O)c1OCCCC(=O)O. The number of ether oxygens (including phenoxy) is 1. The smallest absolute Gasteiger partial charge is 0.303 e. The number of unbranched alkanes of at least 4 members (excludes halogenated alkanes) is 6. The van der Waals surface area contributed by atoms with Gasteiger partial charge in [0.25, 0.3) is 0 Å². The van der Waals surface area contributed by atoms with Crippen LogP contribution in [0.25, 0.3) is 0 Å². The summed E-state index contributed by atoms with van der Waals surface area (Å²) in [6.45, 7) is 0.0287. The van der Waals surface area contributed by atoms with Crippen molar-refractivity contribution in [3.8, 4) is 5.75 Å². The molecule has 3 N–H and O–H groups in total. The van der Waals surface area contributed by atoms with Crippen LogP contribution in [0.1, 0.15) is 70.6 Å². The van der Waals surface area contributed by atoms with E-state index in [1.165, 1.54) is 5.38 Å². The third kappa shape index (κ3) is 11.7. The normalized spacial score (nSPS) is 11.3. The molecule has 0 aromatic carbocycles. The second-order valence-corrected chi connectivity index (χ2v) is 10.2. The van der Waals surface area contributed by atoms with Crippen molar-refractivity contribution in [2.24, 2.45) is 0 Å². The summed E-state index contributed by atoms with van der Waals surface area (Å²) >= 11 is 1.06. The monoisotopic (exact) mass is 477 g/mol. The minimum absolute atomic E-state index is 0.0222. The van der Waals surface area contributed by atoms with E-state index in [0.717, 1.165) is 49.7 Å². The molecule has 1 aromatic rings. The maximum atomic E-state index is 12.2. The van der Waals surface area contributed by atoms with Gasteiger partial charge in [0, 0.05) is 30.9 Å². The lowest BCUT2D eigenvalue weighted by molar-refractivity contribution is -0.138. The van der Waals surface area contributed by atoms with Crippen LogP contribution < -0.4 is 10.1 Å². The van der Waals surface area contributed by atoms with Crippen LogP contribution in [0.15, 0.2) is 10.3 Å². The summed E-state index contributed by atoms with van der Waals surface area (Å²) in [6.07, 6.45) is 7.77. The molecular formula is C20H31NO8S2. The van der Waals surface area contributed by atoms with E-state index in [9.17, 15) is 22.8 Å². The molecule has 0 spiro atoms. The lowest BCUT2D eigenvalue weighted by Gasteiger charge is -2.10. The molecule has 1 rings (SSSR count). The second kappa shape index (κ2) is 14.0. The molecule has 0 unspecified atom stereocenters. The van der Waals surface area contributed by atoms with E-state index in [2.05, 4.69) is 5.32 Å². The largest absolute Gasteiger partial charge is 0.489 e. The van der Waals surface area contributed by atoms with Crippen molar-refractivity contribution in [2.75, 3.05) is 18.2 Å². The summed E-state index contributed by atoms with van der Waals surface area (Å²) in [6, 6.07) is 0. The second-order valence-electron chi connectivity index (χ2n) is 7.29. The highest BCUT2D eigenvalue weighted by atomic mass is 32.2. The molecule has 0 atom stereocenters. The van der Waals surface area contributed by atoms with Gasteiger partial charge in [-0.2, -0.15) is 0 Å². The minimum atomic E-state index is -3.56. The minimum Gasteiger partial charge on any atom is -0.489 e. The third-order valence-corrected chi connectivity index (χ3v) is 6.57. The van der Waals surface area contributed by atoms with Crippen molar-refractivity contribution < 1.29 is 37.8 Å². The number of carbonyl (C=O) groups is 3. The number of aliphatic carboxylic acids is 2. The predicted octanol–water partition coefficient (Wildman–Crippen LogP) is 3.93. The fraction of sp³-hybridized carbons (Fsp3) is 0.650. The van der Waals surface area contributed by atoms with Crippen molar-refractivity contribution >= 4 is 44.0 Å².